The topological polar surface area (TPSA) is 75.2 Å². The fraction of sp³-hybridized carbons (Fsp3) is 0.750. The van der Waals surface area contributed by atoms with Crippen LogP contribution in [0.5, 0.6) is 0 Å². The van der Waals surface area contributed by atoms with Gasteiger partial charge in [-0.25, -0.2) is 18.4 Å². The van der Waals surface area contributed by atoms with E-state index < -0.39 is 9.84 Å². The summed E-state index contributed by atoms with van der Waals surface area (Å²) in [7, 11) is -2.88. The van der Waals surface area contributed by atoms with Crippen molar-refractivity contribution < 1.29 is 8.42 Å². The molecule has 0 spiro atoms. The number of rotatable bonds is 6. The van der Waals surface area contributed by atoms with Gasteiger partial charge in [-0.1, -0.05) is 13.8 Å². The largest absolute Gasteiger partial charge is 0.367 e. The first-order valence-corrected chi connectivity index (χ1v) is 10.3. The van der Waals surface area contributed by atoms with Gasteiger partial charge in [-0.2, -0.15) is 0 Å². The van der Waals surface area contributed by atoms with Crippen LogP contribution in [0.15, 0.2) is 6.07 Å². The molecule has 0 aliphatic carbocycles. The van der Waals surface area contributed by atoms with Crippen LogP contribution in [0.4, 0.5) is 5.82 Å². The molecule has 1 saturated heterocycles. The number of piperidine rings is 1. The average Bonchev–Trinajstić information content (AvgIpc) is 2.45. The fourth-order valence-electron chi connectivity index (χ4n) is 2.73. The zero-order chi connectivity index (χ0) is 17.0. The van der Waals surface area contributed by atoms with E-state index >= 15 is 0 Å². The van der Waals surface area contributed by atoms with Crippen molar-refractivity contribution in [3.63, 3.8) is 0 Å². The first-order valence-electron chi connectivity index (χ1n) is 8.25. The molecule has 0 unspecified atom stereocenters. The molecule has 1 aromatic rings. The van der Waals surface area contributed by atoms with Gasteiger partial charge in [0.25, 0.3) is 0 Å². The molecule has 2 rings (SSSR count). The lowest BCUT2D eigenvalue weighted by molar-refractivity contribution is 0.230. The van der Waals surface area contributed by atoms with Gasteiger partial charge in [0.15, 0.2) is 0 Å². The summed E-state index contributed by atoms with van der Waals surface area (Å²) < 4.78 is 22.5. The van der Waals surface area contributed by atoms with Gasteiger partial charge >= 0.3 is 0 Å². The van der Waals surface area contributed by atoms with E-state index in [0.29, 0.717) is 18.5 Å². The van der Waals surface area contributed by atoms with Crippen LogP contribution < -0.4 is 5.32 Å². The summed E-state index contributed by atoms with van der Waals surface area (Å²) in [4.78, 5) is 11.3. The predicted molar refractivity (Wildman–Crippen MR) is 93.7 cm³/mol. The normalized spacial score (nSPS) is 17.6. The Bertz CT molecular complexity index is 623. The van der Waals surface area contributed by atoms with E-state index in [1.165, 1.54) is 6.26 Å². The minimum absolute atomic E-state index is 0.244. The molecule has 0 atom stereocenters. The van der Waals surface area contributed by atoms with Crippen LogP contribution in [0.25, 0.3) is 0 Å². The second-order valence-electron chi connectivity index (χ2n) is 6.80. The van der Waals surface area contributed by atoms with Gasteiger partial charge in [0.1, 0.15) is 21.5 Å². The molecule has 1 aliphatic rings. The van der Waals surface area contributed by atoms with Gasteiger partial charge in [-0.3, -0.25) is 0 Å². The zero-order valence-electron chi connectivity index (χ0n) is 14.5. The van der Waals surface area contributed by atoms with Gasteiger partial charge in [-0.15, -0.1) is 0 Å². The number of aryl methyl sites for hydroxylation is 1. The van der Waals surface area contributed by atoms with Crippen molar-refractivity contribution in [2.45, 2.75) is 45.6 Å². The zero-order valence-corrected chi connectivity index (χ0v) is 15.4. The number of aromatic nitrogens is 2. The molecule has 7 heteroatoms. The van der Waals surface area contributed by atoms with Crippen molar-refractivity contribution in [1.29, 1.82) is 0 Å². The van der Waals surface area contributed by atoms with Crippen molar-refractivity contribution in [3.8, 4) is 0 Å². The van der Waals surface area contributed by atoms with Crippen molar-refractivity contribution in [1.82, 2.24) is 14.9 Å². The Balaban J connectivity index is 1.87. The van der Waals surface area contributed by atoms with E-state index in [2.05, 4.69) is 34.0 Å². The number of nitrogens with zero attached hydrogens (tertiary/aromatic N) is 3. The smallest absolute Gasteiger partial charge is 0.148 e. The Hall–Kier alpha value is -1.21. The molecule has 1 aliphatic heterocycles. The van der Waals surface area contributed by atoms with Crippen LogP contribution in [0.2, 0.25) is 0 Å². The van der Waals surface area contributed by atoms with Crippen molar-refractivity contribution in [2.24, 2.45) is 0 Å². The molecule has 130 valence electrons. The summed E-state index contributed by atoms with van der Waals surface area (Å²) in [6.45, 7) is 8.67. The summed E-state index contributed by atoms with van der Waals surface area (Å²) >= 11 is 0. The number of anilines is 1. The minimum atomic E-state index is -2.88. The Morgan fingerprint density at radius 1 is 1.30 bits per heavy atom. The molecular weight excluding hydrogens is 312 g/mol. The molecular formula is C16H28N4O2S. The third kappa shape index (κ3) is 6.06. The summed E-state index contributed by atoms with van der Waals surface area (Å²) in [5, 5.41) is 3.51. The lowest BCUT2D eigenvalue weighted by Gasteiger charge is -2.32. The highest BCUT2D eigenvalue weighted by atomic mass is 32.2. The minimum Gasteiger partial charge on any atom is -0.367 e. The summed E-state index contributed by atoms with van der Waals surface area (Å²) in [6.07, 6.45) is 3.30. The first kappa shape index (κ1) is 18.1. The summed E-state index contributed by atoms with van der Waals surface area (Å²) in [5.74, 6) is 2.33. The van der Waals surface area contributed by atoms with E-state index in [1.807, 2.05) is 13.0 Å². The molecule has 6 nitrogen and oxygen atoms in total. The molecule has 2 heterocycles. The Labute approximate surface area is 139 Å². The quantitative estimate of drug-likeness (QED) is 0.851. The first-order chi connectivity index (χ1) is 10.7. The van der Waals surface area contributed by atoms with Gasteiger partial charge in [0, 0.05) is 49.6 Å². The van der Waals surface area contributed by atoms with E-state index in [4.69, 9.17) is 0 Å². The number of likely N-dealkylation sites (tertiary alicyclic amines) is 1. The maximum atomic E-state index is 11.2. The molecule has 0 amide bonds. The van der Waals surface area contributed by atoms with Crippen molar-refractivity contribution in [3.05, 3.63) is 17.6 Å². The molecule has 0 saturated carbocycles. The number of hydrogen-bond acceptors (Lipinski definition) is 6. The molecule has 1 aromatic heterocycles. The molecule has 23 heavy (non-hydrogen) atoms. The summed E-state index contributed by atoms with van der Waals surface area (Å²) in [6, 6.07) is 2.38. The second-order valence-corrected chi connectivity index (χ2v) is 9.06. The molecule has 1 N–H and O–H groups in total. The predicted octanol–water partition coefficient (Wildman–Crippen LogP) is 1.83. The molecule has 0 bridgehead atoms. The van der Waals surface area contributed by atoms with Gasteiger partial charge in [0.2, 0.25) is 0 Å². The maximum absolute atomic E-state index is 11.2. The second kappa shape index (κ2) is 7.57. The molecule has 0 aromatic carbocycles. The molecule has 0 radical (unpaired) electrons. The van der Waals surface area contributed by atoms with Gasteiger partial charge in [0.05, 0.1) is 5.75 Å². The van der Waals surface area contributed by atoms with Crippen LogP contribution in [0, 0.1) is 6.92 Å². The Kier molecular flexibility index (Phi) is 5.97. The third-order valence-corrected chi connectivity index (χ3v) is 5.03. The van der Waals surface area contributed by atoms with Gasteiger partial charge in [-0.05, 0) is 19.8 Å². The van der Waals surface area contributed by atoms with Crippen LogP contribution >= 0.6 is 0 Å². The Morgan fingerprint density at radius 2 is 1.96 bits per heavy atom. The van der Waals surface area contributed by atoms with E-state index in [1.54, 1.807) is 0 Å². The SMILES string of the molecule is Cc1cc(NC2CCN(CCS(C)(=O)=O)CC2)nc(C(C)C)n1. The molecule has 1 fully saturated rings. The fourth-order valence-corrected chi connectivity index (χ4v) is 3.32. The third-order valence-electron chi connectivity index (χ3n) is 4.11. The van der Waals surface area contributed by atoms with E-state index in [0.717, 1.165) is 43.3 Å². The van der Waals surface area contributed by atoms with Crippen LogP contribution in [0.3, 0.4) is 0 Å². The van der Waals surface area contributed by atoms with E-state index in [9.17, 15) is 8.42 Å². The van der Waals surface area contributed by atoms with E-state index in [-0.39, 0.29) is 5.75 Å². The summed E-state index contributed by atoms with van der Waals surface area (Å²) in [5.41, 5.74) is 0.983. The average molecular weight is 340 g/mol. The van der Waals surface area contributed by atoms with Crippen molar-refractivity contribution in [2.75, 3.05) is 37.0 Å². The maximum Gasteiger partial charge on any atom is 0.148 e. The lowest BCUT2D eigenvalue weighted by Crippen LogP contribution is -2.41. The van der Waals surface area contributed by atoms with Crippen molar-refractivity contribution >= 4 is 15.7 Å². The number of sulfone groups is 1. The Morgan fingerprint density at radius 3 is 2.52 bits per heavy atom. The highest BCUT2D eigenvalue weighted by molar-refractivity contribution is 7.90. The van der Waals surface area contributed by atoms with Crippen LogP contribution in [-0.2, 0) is 9.84 Å². The highest BCUT2D eigenvalue weighted by Crippen LogP contribution is 2.18. The van der Waals surface area contributed by atoms with Gasteiger partial charge < -0.3 is 10.2 Å². The highest BCUT2D eigenvalue weighted by Gasteiger charge is 2.20. The lowest BCUT2D eigenvalue weighted by atomic mass is 10.1. The standard InChI is InChI=1S/C16H28N4O2S/c1-12(2)16-17-13(3)11-15(19-16)18-14-5-7-20(8-6-14)9-10-23(4,21)22/h11-12,14H,5-10H2,1-4H3,(H,17,18,19). The van der Waals surface area contributed by atoms with Crippen LogP contribution in [0.1, 0.15) is 44.1 Å². The van der Waals surface area contributed by atoms with Crippen LogP contribution in [-0.4, -0.2) is 61.0 Å². The monoisotopic (exact) mass is 340 g/mol. The number of hydrogen-bond donors (Lipinski definition) is 1. The number of nitrogens with one attached hydrogen (secondary N) is 1.